The molecule has 6 heteroatoms. The summed E-state index contributed by atoms with van der Waals surface area (Å²) in [6.45, 7) is 0.531. The first-order valence-corrected chi connectivity index (χ1v) is 11.4. The van der Waals surface area contributed by atoms with Crippen molar-refractivity contribution >= 4 is 17.5 Å². The summed E-state index contributed by atoms with van der Waals surface area (Å²) in [6.07, 6.45) is 8.72. The highest BCUT2D eigenvalue weighted by Crippen LogP contribution is 2.40. The van der Waals surface area contributed by atoms with Crippen LogP contribution in [0.1, 0.15) is 52.4 Å². The van der Waals surface area contributed by atoms with Gasteiger partial charge >= 0.3 is 0 Å². The smallest absolute Gasteiger partial charge is 0.253 e. The molecule has 4 rings (SSSR count). The van der Waals surface area contributed by atoms with Gasteiger partial charge in [0.25, 0.3) is 5.91 Å². The first kappa shape index (κ1) is 22.4. The van der Waals surface area contributed by atoms with E-state index in [4.69, 9.17) is 11.6 Å². The van der Waals surface area contributed by atoms with Gasteiger partial charge in [0, 0.05) is 37.7 Å². The molecule has 2 heterocycles. The lowest BCUT2D eigenvalue weighted by molar-refractivity contribution is 0.0785. The van der Waals surface area contributed by atoms with Crippen molar-refractivity contribution in [3.05, 3.63) is 94.5 Å². The lowest BCUT2D eigenvalue weighted by Crippen LogP contribution is -2.26. The molecule has 0 spiro atoms. The molecule has 0 aliphatic heterocycles. The predicted molar refractivity (Wildman–Crippen MR) is 125 cm³/mol. The largest absolute Gasteiger partial charge is 0.388 e. The highest BCUT2D eigenvalue weighted by atomic mass is 35.5. The molecule has 1 N–H and O–H groups in total. The van der Waals surface area contributed by atoms with E-state index in [9.17, 15) is 9.90 Å². The molecule has 1 fully saturated rings. The zero-order valence-electron chi connectivity index (χ0n) is 18.2. The molecular weight excluding hydrogens is 422 g/mol. The number of rotatable bonds is 7. The van der Waals surface area contributed by atoms with Crippen LogP contribution in [0.25, 0.3) is 0 Å². The molecule has 3 aromatic rings. The molecule has 2 aromatic heterocycles. The average Bonchev–Trinajstić information content (AvgIpc) is 3.28. The molecule has 32 heavy (non-hydrogen) atoms. The average molecular weight is 450 g/mol. The fourth-order valence-electron chi connectivity index (χ4n) is 4.59. The van der Waals surface area contributed by atoms with Crippen LogP contribution >= 0.6 is 11.6 Å². The van der Waals surface area contributed by atoms with Crippen LogP contribution in [0.3, 0.4) is 0 Å². The van der Waals surface area contributed by atoms with Crippen molar-refractivity contribution in [1.82, 2.24) is 14.9 Å². The standard InChI is InChI=1S/C26H28ClN3O2/c1-30(17-20-3-2-12-28-15-20)26(32)21-7-4-18(5-8-21)13-19-6-9-22(14-19)25(31)23-10-11-24(27)29-16-23/h2-5,7-8,10-12,15-16,19,22,25,31H,6,9,13-14,17H2,1H3/t19-,22-,25-/m0/s1. The molecule has 1 amide bonds. The number of aliphatic hydroxyl groups is 1. The molecule has 0 unspecified atom stereocenters. The number of pyridine rings is 2. The van der Waals surface area contributed by atoms with Gasteiger partial charge in [0.1, 0.15) is 5.15 Å². The number of nitrogens with zero attached hydrogens (tertiary/aromatic N) is 3. The molecular formula is C26H28ClN3O2. The predicted octanol–water partition coefficient (Wildman–Crippen LogP) is 5.09. The number of hydrogen-bond donors (Lipinski definition) is 1. The Morgan fingerprint density at radius 3 is 2.62 bits per heavy atom. The van der Waals surface area contributed by atoms with E-state index in [1.807, 2.05) is 37.4 Å². The summed E-state index contributed by atoms with van der Waals surface area (Å²) >= 11 is 5.85. The third kappa shape index (κ3) is 5.53. The normalized spacial score (nSPS) is 19.0. The van der Waals surface area contributed by atoms with Crippen molar-refractivity contribution in [3.63, 3.8) is 0 Å². The van der Waals surface area contributed by atoms with Crippen molar-refractivity contribution in [2.75, 3.05) is 7.05 Å². The first-order valence-electron chi connectivity index (χ1n) is 11.0. The number of hydrogen-bond acceptors (Lipinski definition) is 4. The third-order valence-electron chi connectivity index (χ3n) is 6.33. The van der Waals surface area contributed by atoms with E-state index in [2.05, 4.69) is 22.1 Å². The molecule has 0 bridgehead atoms. The molecule has 0 radical (unpaired) electrons. The van der Waals surface area contributed by atoms with Gasteiger partial charge in [0.05, 0.1) is 6.10 Å². The Balaban J connectivity index is 1.31. The Morgan fingerprint density at radius 1 is 1.12 bits per heavy atom. The van der Waals surface area contributed by atoms with Gasteiger partial charge in [-0.25, -0.2) is 4.98 Å². The van der Waals surface area contributed by atoms with Crippen LogP contribution in [-0.2, 0) is 13.0 Å². The summed E-state index contributed by atoms with van der Waals surface area (Å²) < 4.78 is 0. The Kier molecular flexibility index (Phi) is 7.18. The molecule has 1 aliphatic carbocycles. The minimum atomic E-state index is -0.500. The minimum absolute atomic E-state index is 0.000953. The lowest BCUT2D eigenvalue weighted by atomic mass is 9.92. The molecule has 1 aliphatic rings. The van der Waals surface area contributed by atoms with Gasteiger partial charge in [-0.05, 0) is 78.5 Å². The Hall–Kier alpha value is -2.76. The van der Waals surface area contributed by atoms with Gasteiger partial charge in [-0.3, -0.25) is 9.78 Å². The number of amides is 1. The molecule has 1 aromatic carbocycles. The third-order valence-corrected chi connectivity index (χ3v) is 6.56. The SMILES string of the molecule is CN(Cc1cccnc1)C(=O)c1ccc(C[C@@H]2CC[C@H]([C@H](O)c3ccc(Cl)nc3)C2)cc1. The van der Waals surface area contributed by atoms with Gasteiger partial charge in [-0.1, -0.05) is 35.9 Å². The van der Waals surface area contributed by atoms with E-state index in [-0.39, 0.29) is 11.8 Å². The van der Waals surface area contributed by atoms with E-state index in [1.165, 1.54) is 5.56 Å². The number of halogens is 1. The monoisotopic (exact) mass is 449 g/mol. The fraction of sp³-hybridized carbons (Fsp3) is 0.346. The van der Waals surface area contributed by atoms with E-state index in [0.717, 1.165) is 36.8 Å². The second-order valence-electron chi connectivity index (χ2n) is 8.72. The van der Waals surface area contributed by atoms with Gasteiger partial charge < -0.3 is 10.0 Å². The second-order valence-corrected chi connectivity index (χ2v) is 9.11. The maximum absolute atomic E-state index is 12.7. The molecule has 3 atom stereocenters. The summed E-state index contributed by atoms with van der Waals surface area (Å²) in [6, 6.07) is 15.4. The number of benzene rings is 1. The highest BCUT2D eigenvalue weighted by Gasteiger charge is 2.31. The molecule has 0 saturated heterocycles. The Bertz CT molecular complexity index is 1030. The van der Waals surface area contributed by atoms with Crippen molar-refractivity contribution < 1.29 is 9.90 Å². The van der Waals surface area contributed by atoms with Crippen LogP contribution in [0.5, 0.6) is 0 Å². The summed E-state index contributed by atoms with van der Waals surface area (Å²) in [7, 11) is 1.81. The lowest BCUT2D eigenvalue weighted by Gasteiger charge is -2.19. The summed E-state index contributed by atoms with van der Waals surface area (Å²) in [4.78, 5) is 22.6. The zero-order chi connectivity index (χ0) is 22.5. The van der Waals surface area contributed by atoms with Crippen LogP contribution in [-0.4, -0.2) is 32.9 Å². The fourth-order valence-corrected chi connectivity index (χ4v) is 4.71. The van der Waals surface area contributed by atoms with Crippen molar-refractivity contribution in [1.29, 1.82) is 0 Å². The van der Waals surface area contributed by atoms with E-state index in [0.29, 0.717) is 23.2 Å². The number of carbonyl (C=O) groups excluding carboxylic acids is 1. The maximum atomic E-state index is 12.7. The zero-order valence-corrected chi connectivity index (χ0v) is 18.9. The van der Waals surface area contributed by atoms with Crippen LogP contribution in [0, 0.1) is 11.8 Å². The first-order chi connectivity index (χ1) is 15.5. The van der Waals surface area contributed by atoms with E-state index >= 15 is 0 Å². The van der Waals surface area contributed by atoms with Crippen molar-refractivity contribution in [2.45, 2.75) is 38.3 Å². The van der Waals surface area contributed by atoms with Gasteiger partial charge in [-0.15, -0.1) is 0 Å². The van der Waals surface area contributed by atoms with E-state index < -0.39 is 6.10 Å². The summed E-state index contributed by atoms with van der Waals surface area (Å²) in [5.41, 5.74) is 3.76. The van der Waals surface area contributed by atoms with Crippen molar-refractivity contribution in [2.24, 2.45) is 11.8 Å². The van der Waals surface area contributed by atoms with Gasteiger partial charge in [-0.2, -0.15) is 0 Å². The Morgan fingerprint density at radius 2 is 1.94 bits per heavy atom. The second kappa shape index (κ2) is 10.2. The number of aliphatic hydroxyl groups excluding tert-OH is 1. The number of carbonyl (C=O) groups is 1. The van der Waals surface area contributed by atoms with Crippen molar-refractivity contribution in [3.8, 4) is 0 Å². The Labute approximate surface area is 194 Å². The van der Waals surface area contributed by atoms with Gasteiger partial charge in [0.2, 0.25) is 0 Å². The van der Waals surface area contributed by atoms with Crippen LogP contribution in [0.15, 0.2) is 67.1 Å². The summed E-state index contributed by atoms with van der Waals surface area (Å²) in [5.74, 6) is 0.774. The molecule has 5 nitrogen and oxygen atoms in total. The van der Waals surface area contributed by atoms with Gasteiger partial charge in [0.15, 0.2) is 0 Å². The van der Waals surface area contributed by atoms with Crippen LogP contribution in [0.2, 0.25) is 5.15 Å². The minimum Gasteiger partial charge on any atom is -0.388 e. The maximum Gasteiger partial charge on any atom is 0.253 e. The number of aromatic nitrogens is 2. The topological polar surface area (TPSA) is 66.3 Å². The molecule has 166 valence electrons. The van der Waals surface area contributed by atoms with Crippen LogP contribution < -0.4 is 0 Å². The van der Waals surface area contributed by atoms with E-state index in [1.54, 1.807) is 29.6 Å². The quantitative estimate of drug-likeness (QED) is 0.510. The van der Waals surface area contributed by atoms with Crippen LogP contribution in [0.4, 0.5) is 0 Å². The summed E-state index contributed by atoms with van der Waals surface area (Å²) in [5, 5.41) is 11.2. The molecule has 1 saturated carbocycles. The highest BCUT2D eigenvalue weighted by molar-refractivity contribution is 6.29.